The third-order valence-electron chi connectivity index (χ3n) is 4.98. The molecule has 6 nitrogen and oxygen atoms in total. The van der Waals surface area contributed by atoms with E-state index in [1.807, 2.05) is 19.2 Å². The summed E-state index contributed by atoms with van der Waals surface area (Å²) >= 11 is 3.14. The number of nitrogens with one attached hydrogen (secondary N) is 2. The minimum absolute atomic E-state index is 0.284. The highest BCUT2D eigenvalue weighted by Crippen LogP contribution is 2.38. The molecule has 0 radical (unpaired) electrons. The molecule has 0 aliphatic carbocycles. The van der Waals surface area contributed by atoms with Gasteiger partial charge in [-0.1, -0.05) is 23.5 Å². The lowest BCUT2D eigenvalue weighted by molar-refractivity contribution is -0.137. The molecule has 1 atom stereocenters. The van der Waals surface area contributed by atoms with Crippen LogP contribution >= 0.6 is 22.7 Å². The zero-order valence-electron chi connectivity index (χ0n) is 17.9. The van der Waals surface area contributed by atoms with Crippen molar-refractivity contribution in [3.05, 3.63) is 57.9 Å². The van der Waals surface area contributed by atoms with Gasteiger partial charge in [-0.15, -0.1) is 11.3 Å². The summed E-state index contributed by atoms with van der Waals surface area (Å²) in [5, 5.41) is 8.08. The van der Waals surface area contributed by atoms with Crippen molar-refractivity contribution in [1.82, 2.24) is 15.3 Å². The molecular weight excluding hydrogens is 471 g/mol. The Balaban J connectivity index is 1.42. The summed E-state index contributed by atoms with van der Waals surface area (Å²) in [6, 6.07) is 4.82. The van der Waals surface area contributed by atoms with Crippen molar-refractivity contribution in [2.24, 2.45) is 5.73 Å². The van der Waals surface area contributed by atoms with Crippen molar-refractivity contribution in [2.45, 2.75) is 38.7 Å². The lowest BCUT2D eigenvalue weighted by Crippen LogP contribution is -2.31. The van der Waals surface area contributed by atoms with E-state index in [-0.39, 0.29) is 6.04 Å². The lowest BCUT2D eigenvalue weighted by atomic mass is 10.0. The van der Waals surface area contributed by atoms with Crippen LogP contribution in [0.25, 0.3) is 16.0 Å². The smallest absolute Gasteiger partial charge is 0.386 e. The first kappa shape index (κ1) is 23.7. The maximum atomic E-state index is 12.7. The van der Waals surface area contributed by atoms with Gasteiger partial charge in [0.2, 0.25) is 0 Å². The Kier molecular flexibility index (Phi) is 7.32. The molecule has 0 saturated carbocycles. The Bertz CT molecular complexity index is 1110. The van der Waals surface area contributed by atoms with E-state index >= 15 is 0 Å². The second-order valence-electron chi connectivity index (χ2n) is 7.51. The standard InChI is InChI=1S/C22H24F3N5OS2/c1-2-31-12-17-19(20-29-16-7-8-27-11-18(16)32-20)33-21(30-17)28-10-15(26)9-13-3-5-14(6-4-13)22(23,24)25/h3-8,15,27H,2,9-12,26H2,1H3,(H,28,30)/t15-/m0/s1. The zero-order chi connectivity index (χ0) is 23.4. The first-order valence-corrected chi connectivity index (χ1v) is 12.1. The summed E-state index contributed by atoms with van der Waals surface area (Å²) in [5.41, 5.74) is 8.11. The molecule has 0 amide bonds. The van der Waals surface area contributed by atoms with Gasteiger partial charge in [-0.2, -0.15) is 13.2 Å². The molecule has 0 saturated heterocycles. The molecule has 3 heterocycles. The maximum absolute atomic E-state index is 12.7. The number of alkyl halides is 3. The third kappa shape index (κ3) is 5.91. The van der Waals surface area contributed by atoms with Gasteiger partial charge in [0.05, 0.1) is 39.9 Å². The molecule has 1 aromatic carbocycles. The van der Waals surface area contributed by atoms with E-state index in [2.05, 4.69) is 15.6 Å². The fourth-order valence-corrected chi connectivity index (χ4v) is 5.39. The Morgan fingerprint density at radius 3 is 2.70 bits per heavy atom. The molecule has 4 rings (SSSR count). The van der Waals surface area contributed by atoms with Gasteiger partial charge in [0.15, 0.2) is 5.13 Å². The van der Waals surface area contributed by atoms with Crippen molar-refractivity contribution in [2.75, 3.05) is 18.5 Å². The van der Waals surface area contributed by atoms with Crippen molar-refractivity contribution in [1.29, 1.82) is 0 Å². The number of thiazole rings is 2. The number of hydrogen-bond donors (Lipinski definition) is 3. The lowest BCUT2D eigenvalue weighted by Gasteiger charge is -2.13. The number of nitrogens with zero attached hydrogens (tertiary/aromatic N) is 2. The van der Waals surface area contributed by atoms with Gasteiger partial charge < -0.3 is 21.1 Å². The Labute approximate surface area is 197 Å². The van der Waals surface area contributed by atoms with Crippen molar-refractivity contribution in [3.8, 4) is 9.88 Å². The fourth-order valence-electron chi connectivity index (χ4n) is 3.32. The number of benzene rings is 1. The minimum atomic E-state index is -4.34. The number of ether oxygens (including phenoxy) is 1. The Morgan fingerprint density at radius 1 is 1.21 bits per heavy atom. The number of nitrogens with two attached hydrogens (primary N) is 1. The molecule has 11 heteroatoms. The quantitative estimate of drug-likeness (QED) is 0.393. The predicted molar refractivity (Wildman–Crippen MR) is 126 cm³/mol. The number of rotatable bonds is 9. The molecule has 0 bridgehead atoms. The molecule has 33 heavy (non-hydrogen) atoms. The first-order chi connectivity index (χ1) is 15.8. The molecular formula is C22H24F3N5OS2. The van der Waals surface area contributed by atoms with Crippen LogP contribution in [0.1, 0.15) is 34.3 Å². The second kappa shape index (κ2) is 10.2. The van der Waals surface area contributed by atoms with Crippen LogP contribution in [0.4, 0.5) is 18.3 Å². The van der Waals surface area contributed by atoms with Crippen LogP contribution in [0.3, 0.4) is 0 Å². The molecule has 0 spiro atoms. The summed E-state index contributed by atoms with van der Waals surface area (Å²) in [5.74, 6) is 0. The maximum Gasteiger partial charge on any atom is 0.416 e. The number of anilines is 1. The topological polar surface area (TPSA) is 85.1 Å². The van der Waals surface area contributed by atoms with Gasteiger partial charge in [0.25, 0.3) is 0 Å². The van der Waals surface area contributed by atoms with E-state index in [0.29, 0.717) is 31.3 Å². The first-order valence-electron chi connectivity index (χ1n) is 10.5. The average molecular weight is 496 g/mol. The van der Waals surface area contributed by atoms with Crippen molar-refractivity contribution in [3.63, 3.8) is 0 Å². The van der Waals surface area contributed by atoms with Crippen LogP contribution in [-0.2, 0) is 30.5 Å². The average Bonchev–Trinajstić information content (AvgIpc) is 3.39. The zero-order valence-corrected chi connectivity index (χ0v) is 19.5. The van der Waals surface area contributed by atoms with Gasteiger partial charge in [0, 0.05) is 19.2 Å². The highest BCUT2D eigenvalue weighted by molar-refractivity contribution is 7.23. The van der Waals surface area contributed by atoms with Crippen molar-refractivity contribution >= 4 is 33.9 Å². The van der Waals surface area contributed by atoms with Gasteiger partial charge in [-0.25, -0.2) is 9.97 Å². The normalized spacial score (nSPS) is 14.1. The van der Waals surface area contributed by atoms with Gasteiger partial charge >= 0.3 is 6.18 Å². The predicted octanol–water partition coefficient (Wildman–Crippen LogP) is 4.88. The molecule has 1 aliphatic rings. The van der Waals surface area contributed by atoms with Gasteiger partial charge in [0.1, 0.15) is 5.01 Å². The largest absolute Gasteiger partial charge is 0.416 e. The fraction of sp³-hybridized carbons (Fsp3) is 0.364. The molecule has 0 fully saturated rings. The van der Waals surface area contributed by atoms with E-state index < -0.39 is 11.7 Å². The molecule has 176 valence electrons. The minimum Gasteiger partial charge on any atom is -0.386 e. The monoisotopic (exact) mass is 495 g/mol. The van der Waals surface area contributed by atoms with E-state index in [0.717, 1.165) is 45.5 Å². The van der Waals surface area contributed by atoms with Gasteiger partial charge in [-0.3, -0.25) is 0 Å². The Morgan fingerprint density at radius 2 is 2.00 bits per heavy atom. The SMILES string of the molecule is CCOCc1nc(NC[C@@H](N)Cc2ccc(C(F)(F)F)cc2)sc1-c1nc2c(s1)CNC=C2. The van der Waals surface area contributed by atoms with Crippen LogP contribution in [-0.4, -0.2) is 29.2 Å². The van der Waals surface area contributed by atoms with E-state index in [4.69, 9.17) is 15.5 Å². The van der Waals surface area contributed by atoms with Crippen LogP contribution in [0.5, 0.6) is 0 Å². The molecule has 1 aliphatic heterocycles. The van der Waals surface area contributed by atoms with Crippen LogP contribution < -0.4 is 16.4 Å². The van der Waals surface area contributed by atoms with Gasteiger partial charge in [-0.05, 0) is 43.3 Å². The van der Waals surface area contributed by atoms with E-state index in [1.165, 1.54) is 28.3 Å². The van der Waals surface area contributed by atoms with E-state index in [1.54, 1.807) is 11.3 Å². The molecule has 0 unspecified atom stereocenters. The van der Waals surface area contributed by atoms with Crippen LogP contribution in [0.2, 0.25) is 0 Å². The summed E-state index contributed by atoms with van der Waals surface area (Å²) in [6.07, 6.45) is -0.0344. The van der Waals surface area contributed by atoms with Crippen LogP contribution in [0.15, 0.2) is 30.5 Å². The summed E-state index contributed by atoms with van der Waals surface area (Å²) in [6.45, 7) is 4.10. The molecule has 4 N–H and O–H groups in total. The summed E-state index contributed by atoms with van der Waals surface area (Å²) in [7, 11) is 0. The summed E-state index contributed by atoms with van der Waals surface area (Å²) in [4.78, 5) is 11.6. The molecule has 3 aromatic rings. The highest BCUT2D eigenvalue weighted by atomic mass is 32.1. The number of hydrogen-bond acceptors (Lipinski definition) is 8. The highest BCUT2D eigenvalue weighted by Gasteiger charge is 2.30. The van der Waals surface area contributed by atoms with Crippen molar-refractivity contribution < 1.29 is 17.9 Å². The second-order valence-corrected chi connectivity index (χ2v) is 9.60. The number of fused-ring (bicyclic) bond motifs is 1. The third-order valence-corrected chi connectivity index (χ3v) is 7.26. The number of halogens is 3. The number of aromatic nitrogens is 2. The molecule has 2 aromatic heterocycles. The summed E-state index contributed by atoms with van der Waals surface area (Å²) < 4.78 is 43.8. The van der Waals surface area contributed by atoms with Crippen LogP contribution in [0, 0.1) is 0 Å². The van der Waals surface area contributed by atoms with E-state index in [9.17, 15) is 13.2 Å². The Hall–Kier alpha value is -2.47.